The summed E-state index contributed by atoms with van der Waals surface area (Å²) in [5.41, 5.74) is -0.0737. The average Bonchev–Trinajstić information content (AvgIpc) is 2.36. The third-order valence-electron chi connectivity index (χ3n) is 2.51. The van der Waals surface area contributed by atoms with E-state index in [-0.39, 0.29) is 17.2 Å². The van der Waals surface area contributed by atoms with Crippen molar-refractivity contribution in [2.45, 2.75) is 6.92 Å². The van der Waals surface area contributed by atoms with Crippen molar-refractivity contribution >= 4 is 11.6 Å². The third-order valence-corrected chi connectivity index (χ3v) is 2.51. The Balaban J connectivity index is 2.70. The van der Waals surface area contributed by atoms with Gasteiger partial charge in [-0.3, -0.25) is 14.9 Å². The quantitative estimate of drug-likeness (QED) is 0.587. The normalized spacial score (nSPS) is 11.9. The molecule has 2 N–H and O–H groups in total. The Morgan fingerprint density at radius 2 is 2.06 bits per heavy atom. The Kier molecular flexibility index (Phi) is 5.26. The van der Waals surface area contributed by atoms with Crippen LogP contribution in [-0.4, -0.2) is 31.0 Å². The van der Waals surface area contributed by atoms with Gasteiger partial charge in [-0.2, -0.15) is 0 Å². The van der Waals surface area contributed by atoms with Crippen LogP contribution in [0.4, 0.5) is 5.69 Å². The second kappa shape index (κ2) is 6.70. The molecule has 1 unspecified atom stereocenters. The zero-order valence-electron chi connectivity index (χ0n) is 10.5. The zero-order valence-corrected chi connectivity index (χ0v) is 10.5. The maximum absolute atomic E-state index is 11.8. The molecular formula is C12H17N3O3. The molecule has 0 spiro atoms. The van der Waals surface area contributed by atoms with E-state index in [2.05, 4.69) is 10.6 Å². The summed E-state index contributed by atoms with van der Waals surface area (Å²) < 4.78 is 0. The molecular weight excluding hydrogens is 234 g/mol. The zero-order chi connectivity index (χ0) is 13.5. The molecule has 6 nitrogen and oxygen atoms in total. The molecule has 0 heterocycles. The molecule has 0 saturated heterocycles. The maximum Gasteiger partial charge on any atom is 0.282 e. The standard InChI is InChI=1S/C12H17N3O3/c1-9(7-13-2)8-14-12(16)10-5-3-4-6-11(10)15(17)18/h3-6,9,13H,7-8H2,1-2H3,(H,14,16). The van der Waals surface area contributed by atoms with Crippen LogP contribution in [0.25, 0.3) is 0 Å². The molecule has 1 amide bonds. The van der Waals surface area contributed by atoms with Crippen molar-refractivity contribution in [1.82, 2.24) is 10.6 Å². The van der Waals surface area contributed by atoms with Crippen LogP contribution >= 0.6 is 0 Å². The van der Waals surface area contributed by atoms with Crippen molar-refractivity contribution in [3.63, 3.8) is 0 Å². The van der Waals surface area contributed by atoms with E-state index in [0.29, 0.717) is 6.54 Å². The van der Waals surface area contributed by atoms with Gasteiger partial charge in [0.15, 0.2) is 0 Å². The van der Waals surface area contributed by atoms with Gasteiger partial charge in [0.25, 0.3) is 11.6 Å². The van der Waals surface area contributed by atoms with E-state index < -0.39 is 10.8 Å². The molecule has 0 aliphatic carbocycles. The number of nitro groups is 1. The summed E-state index contributed by atoms with van der Waals surface area (Å²) in [6.07, 6.45) is 0. The van der Waals surface area contributed by atoms with Crippen LogP contribution < -0.4 is 10.6 Å². The predicted molar refractivity (Wildman–Crippen MR) is 68.5 cm³/mol. The average molecular weight is 251 g/mol. The van der Waals surface area contributed by atoms with Gasteiger partial charge in [-0.1, -0.05) is 19.1 Å². The number of benzene rings is 1. The number of nitrogens with one attached hydrogen (secondary N) is 2. The van der Waals surface area contributed by atoms with E-state index in [0.717, 1.165) is 6.54 Å². The molecule has 1 rings (SSSR count). The summed E-state index contributed by atoms with van der Waals surface area (Å²) >= 11 is 0. The highest BCUT2D eigenvalue weighted by Crippen LogP contribution is 2.17. The topological polar surface area (TPSA) is 84.3 Å². The number of amides is 1. The smallest absolute Gasteiger partial charge is 0.282 e. The maximum atomic E-state index is 11.8. The predicted octanol–water partition coefficient (Wildman–Crippen LogP) is 1.18. The first-order valence-electron chi connectivity index (χ1n) is 5.72. The second-order valence-electron chi connectivity index (χ2n) is 4.15. The molecule has 1 aromatic rings. The van der Waals surface area contributed by atoms with Crippen LogP contribution in [0, 0.1) is 16.0 Å². The first-order chi connectivity index (χ1) is 8.56. The molecule has 1 atom stereocenters. The van der Waals surface area contributed by atoms with Crippen LogP contribution in [0.3, 0.4) is 0 Å². The SMILES string of the molecule is CNCC(C)CNC(=O)c1ccccc1[N+](=O)[O-]. The van der Waals surface area contributed by atoms with E-state index in [1.165, 1.54) is 12.1 Å². The van der Waals surface area contributed by atoms with Gasteiger partial charge in [-0.15, -0.1) is 0 Å². The highest BCUT2D eigenvalue weighted by atomic mass is 16.6. The Morgan fingerprint density at radius 3 is 2.67 bits per heavy atom. The van der Waals surface area contributed by atoms with Gasteiger partial charge >= 0.3 is 0 Å². The third kappa shape index (κ3) is 3.81. The first kappa shape index (κ1) is 14.1. The van der Waals surface area contributed by atoms with E-state index in [1.54, 1.807) is 12.1 Å². The highest BCUT2D eigenvalue weighted by Gasteiger charge is 2.18. The summed E-state index contributed by atoms with van der Waals surface area (Å²) in [6, 6.07) is 5.93. The van der Waals surface area contributed by atoms with Crippen molar-refractivity contribution in [1.29, 1.82) is 0 Å². The molecule has 1 aromatic carbocycles. The lowest BCUT2D eigenvalue weighted by Gasteiger charge is -2.11. The number of hydrogen-bond donors (Lipinski definition) is 2. The van der Waals surface area contributed by atoms with Crippen LogP contribution in [0.1, 0.15) is 17.3 Å². The summed E-state index contributed by atoms with van der Waals surface area (Å²) in [5.74, 6) is -0.146. The lowest BCUT2D eigenvalue weighted by Crippen LogP contribution is -2.32. The van der Waals surface area contributed by atoms with E-state index in [9.17, 15) is 14.9 Å². The Labute approximate surface area is 106 Å². The fraction of sp³-hybridized carbons (Fsp3) is 0.417. The van der Waals surface area contributed by atoms with Gasteiger partial charge in [0.1, 0.15) is 5.56 Å². The summed E-state index contributed by atoms with van der Waals surface area (Å²) in [4.78, 5) is 22.1. The minimum absolute atomic E-state index is 0.0964. The summed E-state index contributed by atoms with van der Waals surface area (Å²) in [7, 11) is 1.83. The Morgan fingerprint density at radius 1 is 1.39 bits per heavy atom. The van der Waals surface area contributed by atoms with Crippen LogP contribution in [-0.2, 0) is 0 Å². The van der Waals surface area contributed by atoms with Gasteiger partial charge in [-0.25, -0.2) is 0 Å². The Bertz CT molecular complexity index is 434. The van der Waals surface area contributed by atoms with Crippen LogP contribution in [0.15, 0.2) is 24.3 Å². The Hall–Kier alpha value is -1.95. The number of rotatable bonds is 6. The molecule has 0 radical (unpaired) electrons. The molecule has 98 valence electrons. The highest BCUT2D eigenvalue weighted by molar-refractivity contribution is 5.98. The minimum Gasteiger partial charge on any atom is -0.352 e. The van der Waals surface area contributed by atoms with Gasteiger partial charge in [0.2, 0.25) is 0 Å². The van der Waals surface area contributed by atoms with Crippen molar-refractivity contribution in [2.75, 3.05) is 20.1 Å². The van der Waals surface area contributed by atoms with E-state index in [4.69, 9.17) is 0 Å². The number of carbonyl (C=O) groups excluding carboxylic acids is 1. The molecule has 0 bridgehead atoms. The lowest BCUT2D eigenvalue weighted by atomic mass is 10.1. The van der Waals surface area contributed by atoms with E-state index in [1.807, 2.05) is 14.0 Å². The van der Waals surface area contributed by atoms with Gasteiger partial charge < -0.3 is 10.6 Å². The molecule has 0 saturated carbocycles. The molecule has 18 heavy (non-hydrogen) atoms. The van der Waals surface area contributed by atoms with Crippen LogP contribution in [0.5, 0.6) is 0 Å². The number of para-hydroxylation sites is 1. The number of nitrogens with zero attached hydrogens (tertiary/aromatic N) is 1. The largest absolute Gasteiger partial charge is 0.352 e. The van der Waals surface area contributed by atoms with Crippen molar-refractivity contribution in [3.05, 3.63) is 39.9 Å². The fourth-order valence-electron chi connectivity index (χ4n) is 1.61. The van der Waals surface area contributed by atoms with Crippen molar-refractivity contribution < 1.29 is 9.72 Å². The fourth-order valence-corrected chi connectivity index (χ4v) is 1.61. The van der Waals surface area contributed by atoms with Crippen LogP contribution in [0.2, 0.25) is 0 Å². The second-order valence-corrected chi connectivity index (χ2v) is 4.15. The minimum atomic E-state index is -0.550. The first-order valence-corrected chi connectivity index (χ1v) is 5.72. The van der Waals surface area contributed by atoms with Gasteiger partial charge in [0, 0.05) is 12.6 Å². The molecule has 0 fully saturated rings. The monoisotopic (exact) mass is 251 g/mol. The van der Waals surface area contributed by atoms with Crippen molar-refractivity contribution in [3.8, 4) is 0 Å². The lowest BCUT2D eigenvalue weighted by molar-refractivity contribution is -0.385. The number of nitro benzene ring substituents is 1. The molecule has 6 heteroatoms. The number of carbonyl (C=O) groups is 1. The summed E-state index contributed by atoms with van der Waals surface area (Å²) in [5, 5.41) is 16.5. The van der Waals surface area contributed by atoms with E-state index >= 15 is 0 Å². The molecule has 0 aromatic heterocycles. The van der Waals surface area contributed by atoms with Gasteiger partial charge in [-0.05, 0) is 25.6 Å². The molecule has 0 aliphatic heterocycles. The van der Waals surface area contributed by atoms with Crippen molar-refractivity contribution in [2.24, 2.45) is 5.92 Å². The van der Waals surface area contributed by atoms with Gasteiger partial charge in [0.05, 0.1) is 4.92 Å². The summed E-state index contributed by atoms with van der Waals surface area (Å²) in [6.45, 7) is 3.24. The number of hydrogen-bond acceptors (Lipinski definition) is 4. The molecule has 0 aliphatic rings.